The topological polar surface area (TPSA) is 80.8 Å². The summed E-state index contributed by atoms with van der Waals surface area (Å²) in [6.45, 7) is 9.13. The van der Waals surface area contributed by atoms with Gasteiger partial charge in [-0.3, -0.25) is 9.59 Å². The molecule has 0 bridgehead atoms. The number of para-hydroxylation sites is 1. The van der Waals surface area contributed by atoms with Crippen LogP contribution in [0.25, 0.3) is 10.9 Å². The lowest BCUT2D eigenvalue weighted by Gasteiger charge is -2.33. The summed E-state index contributed by atoms with van der Waals surface area (Å²) in [6, 6.07) is 8.15. The largest absolute Gasteiger partial charge is 0.444 e. The number of hydrogen-bond acceptors (Lipinski definition) is 6. The van der Waals surface area contributed by atoms with Crippen molar-refractivity contribution in [3.63, 3.8) is 0 Å². The molecule has 0 fully saturated rings. The molecule has 0 amide bonds. The molecule has 9 heteroatoms. The van der Waals surface area contributed by atoms with E-state index in [1.807, 2.05) is 57.3 Å². The van der Waals surface area contributed by atoms with Gasteiger partial charge in [-0.05, 0) is 31.2 Å². The number of aryl methyl sites for hydroxylation is 1. The van der Waals surface area contributed by atoms with Crippen molar-refractivity contribution >= 4 is 47.5 Å². The highest BCUT2D eigenvalue weighted by Gasteiger charge is 2.36. The Hall–Kier alpha value is -2.22. The standard InChI is InChI=1S/C26H36N4O3.2ClH/c1-17-29(12-13-30(17)16-33-25(32)20(14-27)26(2,3)4)15-18-10-11-22-23(24(18)31)19-8-6-7-9-21(19)28(22)5;;/h6-9,12-13,17-18,20H,10-11,14-16,27H2,1-5H3;2*1H. The summed E-state index contributed by atoms with van der Waals surface area (Å²) in [6.07, 6.45) is 5.67. The van der Waals surface area contributed by atoms with Crippen molar-refractivity contribution in [3.05, 3.63) is 47.9 Å². The van der Waals surface area contributed by atoms with Crippen LogP contribution in [0.4, 0.5) is 0 Å². The second-order valence-electron chi connectivity index (χ2n) is 10.4. The van der Waals surface area contributed by atoms with Gasteiger partial charge in [-0.1, -0.05) is 39.0 Å². The first-order chi connectivity index (χ1) is 15.6. The van der Waals surface area contributed by atoms with Crippen LogP contribution in [0, 0.1) is 17.3 Å². The number of esters is 1. The van der Waals surface area contributed by atoms with E-state index in [-0.39, 0.29) is 73.3 Å². The summed E-state index contributed by atoms with van der Waals surface area (Å²) >= 11 is 0. The molecule has 2 aliphatic rings. The fraction of sp³-hybridized carbons (Fsp3) is 0.538. The third kappa shape index (κ3) is 5.47. The Labute approximate surface area is 220 Å². The van der Waals surface area contributed by atoms with Gasteiger partial charge in [0.25, 0.3) is 0 Å². The van der Waals surface area contributed by atoms with Crippen molar-refractivity contribution in [2.45, 2.75) is 46.7 Å². The highest BCUT2D eigenvalue weighted by molar-refractivity contribution is 6.11. The second kappa shape index (κ2) is 11.2. The van der Waals surface area contributed by atoms with Crippen LogP contribution in [0.1, 0.15) is 50.2 Å². The van der Waals surface area contributed by atoms with Crippen LogP contribution < -0.4 is 5.73 Å². The molecule has 7 nitrogen and oxygen atoms in total. The van der Waals surface area contributed by atoms with E-state index in [1.165, 1.54) is 0 Å². The van der Waals surface area contributed by atoms with Gasteiger partial charge in [-0.2, -0.15) is 0 Å². The van der Waals surface area contributed by atoms with Crippen LogP contribution in [0.2, 0.25) is 0 Å². The molecule has 0 spiro atoms. The number of carbonyl (C=O) groups excluding carboxylic acids is 2. The Kier molecular flexibility index (Phi) is 9.31. The summed E-state index contributed by atoms with van der Waals surface area (Å²) < 4.78 is 7.76. The number of rotatable bonds is 6. The molecular weight excluding hydrogens is 487 g/mol. The first-order valence-corrected chi connectivity index (χ1v) is 11.8. The average molecular weight is 526 g/mol. The zero-order valence-corrected chi connectivity index (χ0v) is 22.8. The van der Waals surface area contributed by atoms with Crippen LogP contribution >= 0.6 is 24.8 Å². The summed E-state index contributed by atoms with van der Waals surface area (Å²) in [5.74, 6) is -0.435. The number of carbonyl (C=O) groups is 2. The number of nitrogens with zero attached hydrogens (tertiary/aromatic N) is 3. The zero-order valence-electron chi connectivity index (χ0n) is 21.2. The lowest BCUT2D eigenvalue weighted by atomic mass is 9.81. The number of Topliss-reactive ketones (excluding diaryl/α,β-unsaturated/α-hetero) is 1. The van der Waals surface area contributed by atoms with Crippen molar-refractivity contribution in [3.8, 4) is 0 Å². The van der Waals surface area contributed by atoms with Crippen LogP contribution in [0.3, 0.4) is 0 Å². The van der Waals surface area contributed by atoms with E-state index in [4.69, 9.17) is 10.5 Å². The molecule has 3 unspecified atom stereocenters. The molecule has 2 heterocycles. The van der Waals surface area contributed by atoms with Gasteiger partial charge in [0, 0.05) is 60.6 Å². The second-order valence-corrected chi connectivity index (χ2v) is 10.4. The number of aromatic nitrogens is 1. The van der Waals surface area contributed by atoms with E-state index in [0.29, 0.717) is 6.54 Å². The molecule has 1 aromatic carbocycles. The molecule has 4 rings (SSSR count). The lowest BCUT2D eigenvalue weighted by Crippen LogP contribution is -2.43. The van der Waals surface area contributed by atoms with Crippen LogP contribution in [0.15, 0.2) is 36.7 Å². The van der Waals surface area contributed by atoms with Crippen molar-refractivity contribution in [2.75, 3.05) is 19.8 Å². The number of ether oxygens (including phenoxy) is 1. The molecule has 194 valence electrons. The van der Waals surface area contributed by atoms with Crippen molar-refractivity contribution in [1.82, 2.24) is 14.4 Å². The Morgan fingerprint density at radius 2 is 1.83 bits per heavy atom. The van der Waals surface area contributed by atoms with Crippen molar-refractivity contribution in [2.24, 2.45) is 30.0 Å². The van der Waals surface area contributed by atoms with Crippen molar-refractivity contribution < 1.29 is 14.3 Å². The summed E-state index contributed by atoms with van der Waals surface area (Å²) in [5, 5.41) is 1.05. The molecule has 1 aliphatic carbocycles. The number of fused-ring (bicyclic) bond motifs is 3. The summed E-state index contributed by atoms with van der Waals surface area (Å²) in [4.78, 5) is 30.2. The maximum atomic E-state index is 13.5. The molecule has 0 radical (unpaired) electrons. The molecule has 2 N–H and O–H groups in total. The van der Waals surface area contributed by atoms with Gasteiger partial charge in [-0.25, -0.2) is 0 Å². The highest BCUT2D eigenvalue weighted by atomic mass is 35.5. The molecule has 35 heavy (non-hydrogen) atoms. The van der Waals surface area contributed by atoms with E-state index >= 15 is 0 Å². The van der Waals surface area contributed by atoms with Crippen molar-refractivity contribution in [1.29, 1.82) is 0 Å². The quantitative estimate of drug-likeness (QED) is 0.566. The minimum atomic E-state index is -0.342. The predicted molar refractivity (Wildman–Crippen MR) is 144 cm³/mol. The fourth-order valence-electron chi connectivity index (χ4n) is 5.11. The highest BCUT2D eigenvalue weighted by Crippen LogP contribution is 2.35. The van der Waals surface area contributed by atoms with E-state index in [1.54, 1.807) is 0 Å². The zero-order chi connectivity index (χ0) is 23.9. The first-order valence-electron chi connectivity index (χ1n) is 11.8. The minimum Gasteiger partial charge on any atom is -0.444 e. The molecule has 1 aromatic heterocycles. The molecule has 2 aromatic rings. The van der Waals surface area contributed by atoms with Crippen LogP contribution in [0.5, 0.6) is 0 Å². The Morgan fingerprint density at radius 1 is 1.17 bits per heavy atom. The van der Waals surface area contributed by atoms with E-state index in [9.17, 15) is 9.59 Å². The molecule has 1 aliphatic heterocycles. The summed E-state index contributed by atoms with van der Waals surface area (Å²) in [7, 11) is 2.05. The number of nitrogens with two attached hydrogens (primary N) is 1. The average Bonchev–Trinajstić information content (AvgIpc) is 3.26. The Balaban J connectivity index is 0.00000216. The van der Waals surface area contributed by atoms with E-state index in [0.717, 1.165) is 35.0 Å². The molecule has 0 saturated carbocycles. The maximum absolute atomic E-state index is 13.5. The van der Waals surface area contributed by atoms with E-state index < -0.39 is 0 Å². The van der Waals surface area contributed by atoms with Gasteiger partial charge in [0.15, 0.2) is 12.5 Å². The molecule has 3 atom stereocenters. The normalized spacial score (nSPS) is 20.3. The van der Waals surface area contributed by atoms with Gasteiger partial charge in [-0.15, -0.1) is 24.8 Å². The third-order valence-corrected chi connectivity index (χ3v) is 7.34. The van der Waals surface area contributed by atoms with E-state index in [2.05, 4.69) is 28.5 Å². The minimum absolute atomic E-state index is 0. The first kappa shape index (κ1) is 29.0. The number of hydrogen-bond donors (Lipinski definition) is 1. The number of halogens is 2. The molecule has 0 saturated heterocycles. The van der Waals surface area contributed by atoms with Gasteiger partial charge < -0.3 is 24.8 Å². The monoisotopic (exact) mass is 524 g/mol. The summed E-state index contributed by atoms with van der Waals surface area (Å²) in [5.41, 5.74) is 8.71. The molecular formula is C26H38Cl2N4O3. The number of benzene rings is 1. The SMILES string of the molecule is CC1N(COC(=O)C(CN)C(C)(C)C)C=CN1CC1CCc2c(c3ccccc3n2C)C1=O.Cl.Cl. The third-order valence-electron chi connectivity index (χ3n) is 7.34. The van der Waals surface area contributed by atoms with Crippen LogP contribution in [-0.2, 0) is 23.0 Å². The van der Waals surface area contributed by atoms with Gasteiger partial charge in [0.05, 0.1) is 5.92 Å². The number of ketones is 1. The fourth-order valence-corrected chi connectivity index (χ4v) is 5.11. The predicted octanol–water partition coefficient (Wildman–Crippen LogP) is 4.32. The van der Waals surface area contributed by atoms with Gasteiger partial charge in [0.1, 0.15) is 6.17 Å². The van der Waals surface area contributed by atoms with Crippen LogP contribution in [-0.4, -0.2) is 52.1 Å². The smallest absolute Gasteiger partial charge is 0.312 e. The lowest BCUT2D eigenvalue weighted by molar-refractivity contribution is -0.156. The Bertz CT molecular complexity index is 1090. The van der Waals surface area contributed by atoms with Gasteiger partial charge >= 0.3 is 5.97 Å². The maximum Gasteiger partial charge on any atom is 0.312 e. The Morgan fingerprint density at radius 3 is 2.49 bits per heavy atom. The van der Waals surface area contributed by atoms with Gasteiger partial charge in [0.2, 0.25) is 0 Å².